The van der Waals surface area contributed by atoms with Crippen LogP contribution < -0.4 is 5.32 Å². The SMILES string of the molecule is CCn1c(SCC(=O)NC(C)(C)C)nnc1-c1cc(-c2ccccc2)nc2ccccc12. The lowest BCUT2D eigenvalue weighted by molar-refractivity contribution is -0.119. The first-order chi connectivity index (χ1) is 15.4. The van der Waals surface area contributed by atoms with Crippen LogP contribution in [0.2, 0.25) is 0 Å². The number of nitrogens with one attached hydrogen (secondary N) is 1. The highest BCUT2D eigenvalue weighted by Gasteiger charge is 2.19. The summed E-state index contributed by atoms with van der Waals surface area (Å²) < 4.78 is 2.06. The highest BCUT2D eigenvalue weighted by molar-refractivity contribution is 7.99. The Hall–Kier alpha value is -3.19. The van der Waals surface area contributed by atoms with Gasteiger partial charge in [0.15, 0.2) is 11.0 Å². The molecular weight excluding hydrogens is 418 g/mol. The van der Waals surface area contributed by atoms with E-state index >= 15 is 0 Å². The van der Waals surface area contributed by atoms with E-state index < -0.39 is 0 Å². The number of thioether (sulfide) groups is 1. The smallest absolute Gasteiger partial charge is 0.230 e. The Labute approximate surface area is 192 Å². The lowest BCUT2D eigenvalue weighted by atomic mass is 10.0. The van der Waals surface area contributed by atoms with Crippen molar-refractivity contribution in [2.75, 3.05) is 5.75 Å². The van der Waals surface area contributed by atoms with Gasteiger partial charge in [0.1, 0.15) is 0 Å². The molecule has 4 aromatic rings. The largest absolute Gasteiger partial charge is 0.351 e. The molecule has 0 fully saturated rings. The Bertz CT molecular complexity index is 1240. The standard InChI is InChI=1S/C25H27N5OS/c1-5-30-23(28-29-24(30)32-16-22(31)27-25(2,3)4)19-15-21(17-11-7-6-8-12-17)26-20-14-10-9-13-18(19)20/h6-15H,5,16H2,1-4H3,(H,27,31). The van der Waals surface area contributed by atoms with Gasteiger partial charge in [-0.25, -0.2) is 4.98 Å². The number of hydrogen-bond donors (Lipinski definition) is 1. The maximum absolute atomic E-state index is 12.3. The fourth-order valence-corrected chi connectivity index (χ4v) is 4.38. The van der Waals surface area contributed by atoms with Gasteiger partial charge in [-0.05, 0) is 39.8 Å². The maximum Gasteiger partial charge on any atom is 0.230 e. The van der Waals surface area contributed by atoms with E-state index in [1.807, 2.05) is 57.2 Å². The van der Waals surface area contributed by atoms with Crippen molar-refractivity contribution in [3.05, 3.63) is 60.7 Å². The summed E-state index contributed by atoms with van der Waals surface area (Å²) in [5.41, 5.74) is 3.58. The molecular formula is C25H27N5OS. The van der Waals surface area contributed by atoms with Crippen molar-refractivity contribution in [2.45, 2.75) is 44.9 Å². The van der Waals surface area contributed by atoms with Crippen LogP contribution in [0.5, 0.6) is 0 Å². The van der Waals surface area contributed by atoms with E-state index in [1.165, 1.54) is 11.8 Å². The molecule has 0 atom stereocenters. The molecule has 0 spiro atoms. The van der Waals surface area contributed by atoms with Crippen LogP contribution in [0.15, 0.2) is 65.8 Å². The second-order valence-electron chi connectivity index (χ2n) is 8.58. The van der Waals surface area contributed by atoms with E-state index in [4.69, 9.17) is 4.98 Å². The van der Waals surface area contributed by atoms with Crippen LogP contribution in [0, 0.1) is 0 Å². The highest BCUT2D eigenvalue weighted by atomic mass is 32.2. The van der Waals surface area contributed by atoms with Crippen molar-refractivity contribution in [2.24, 2.45) is 0 Å². The Morgan fingerprint density at radius 2 is 1.75 bits per heavy atom. The first kappa shape index (κ1) is 22.0. The number of para-hydroxylation sites is 1. The Balaban J connectivity index is 1.73. The molecule has 164 valence electrons. The quantitative estimate of drug-likeness (QED) is 0.414. The van der Waals surface area contributed by atoms with Crippen molar-refractivity contribution < 1.29 is 4.79 Å². The number of aromatic nitrogens is 4. The number of carbonyl (C=O) groups excluding carboxylic acids is 1. The van der Waals surface area contributed by atoms with Gasteiger partial charge in [-0.2, -0.15) is 0 Å². The monoisotopic (exact) mass is 445 g/mol. The molecule has 6 nitrogen and oxygen atoms in total. The molecule has 0 bridgehead atoms. The van der Waals surface area contributed by atoms with Crippen molar-refractivity contribution in [1.82, 2.24) is 25.1 Å². The zero-order valence-electron chi connectivity index (χ0n) is 18.8. The van der Waals surface area contributed by atoms with Gasteiger partial charge in [-0.1, -0.05) is 60.3 Å². The number of hydrogen-bond acceptors (Lipinski definition) is 5. The summed E-state index contributed by atoms with van der Waals surface area (Å²) in [4.78, 5) is 17.2. The summed E-state index contributed by atoms with van der Waals surface area (Å²) in [5.74, 6) is 1.05. The summed E-state index contributed by atoms with van der Waals surface area (Å²) in [6.07, 6.45) is 0. The number of benzene rings is 2. The predicted octanol–water partition coefficient (Wildman–Crippen LogP) is 5.19. The number of amides is 1. The minimum absolute atomic E-state index is 0.0181. The Morgan fingerprint density at radius 1 is 1.03 bits per heavy atom. The third kappa shape index (κ3) is 4.83. The van der Waals surface area contributed by atoms with E-state index in [-0.39, 0.29) is 11.4 Å². The zero-order valence-corrected chi connectivity index (χ0v) is 19.6. The minimum atomic E-state index is -0.259. The van der Waals surface area contributed by atoms with E-state index in [2.05, 4.69) is 51.3 Å². The third-order valence-electron chi connectivity index (χ3n) is 4.91. The Kier molecular flexibility index (Phi) is 6.28. The van der Waals surface area contributed by atoms with Gasteiger partial charge in [0.05, 0.1) is 17.0 Å². The van der Waals surface area contributed by atoms with Gasteiger partial charge in [-0.15, -0.1) is 10.2 Å². The molecule has 0 saturated heterocycles. The van der Waals surface area contributed by atoms with Gasteiger partial charge in [-0.3, -0.25) is 4.79 Å². The van der Waals surface area contributed by atoms with Crippen LogP contribution >= 0.6 is 11.8 Å². The van der Waals surface area contributed by atoms with Crippen LogP contribution in [0.25, 0.3) is 33.5 Å². The van der Waals surface area contributed by atoms with Crippen LogP contribution in [-0.4, -0.2) is 36.9 Å². The molecule has 1 N–H and O–H groups in total. The predicted molar refractivity (Wildman–Crippen MR) is 130 cm³/mol. The maximum atomic E-state index is 12.3. The molecule has 0 saturated carbocycles. The fourth-order valence-electron chi connectivity index (χ4n) is 3.58. The summed E-state index contributed by atoms with van der Waals surface area (Å²) in [6, 6.07) is 20.3. The van der Waals surface area contributed by atoms with Gasteiger partial charge in [0, 0.05) is 28.6 Å². The van der Waals surface area contributed by atoms with Crippen molar-refractivity contribution >= 4 is 28.6 Å². The first-order valence-electron chi connectivity index (χ1n) is 10.7. The van der Waals surface area contributed by atoms with Crippen molar-refractivity contribution in [1.29, 1.82) is 0 Å². The third-order valence-corrected chi connectivity index (χ3v) is 5.87. The van der Waals surface area contributed by atoms with Gasteiger partial charge in [0.2, 0.25) is 5.91 Å². The molecule has 0 aliphatic carbocycles. The number of rotatable bonds is 6. The Morgan fingerprint density at radius 3 is 2.47 bits per heavy atom. The van der Waals surface area contributed by atoms with Gasteiger partial charge < -0.3 is 9.88 Å². The van der Waals surface area contributed by atoms with Gasteiger partial charge in [0.25, 0.3) is 0 Å². The molecule has 0 unspecified atom stereocenters. The molecule has 2 heterocycles. The van der Waals surface area contributed by atoms with Crippen LogP contribution in [0.4, 0.5) is 0 Å². The van der Waals surface area contributed by atoms with Crippen molar-refractivity contribution in [3.8, 4) is 22.6 Å². The average molecular weight is 446 g/mol. The average Bonchev–Trinajstić information content (AvgIpc) is 3.19. The van der Waals surface area contributed by atoms with Crippen molar-refractivity contribution in [3.63, 3.8) is 0 Å². The summed E-state index contributed by atoms with van der Waals surface area (Å²) >= 11 is 1.40. The molecule has 7 heteroatoms. The van der Waals surface area contributed by atoms with E-state index in [9.17, 15) is 4.79 Å². The molecule has 2 aromatic carbocycles. The molecule has 2 aromatic heterocycles. The van der Waals surface area contributed by atoms with E-state index in [1.54, 1.807) is 0 Å². The fraction of sp³-hybridized carbons (Fsp3) is 0.280. The first-order valence-corrected chi connectivity index (χ1v) is 11.7. The van der Waals surface area contributed by atoms with Crippen LogP contribution in [-0.2, 0) is 11.3 Å². The summed E-state index contributed by atoms with van der Waals surface area (Å²) in [5, 5.41) is 13.7. The molecule has 0 radical (unpaired) electrons. The number of pyridine rings is 1. The second-order valence-corrected chi connectivity index (χ2v) is 9.52. The van der Waals surface area contributed by atoms with Gasteiger partial charge >= 0.3 is 0 Å². The molecule has 32 heavy (non-hydrogen) atoms. The molecule has 1 amide bonds. The van der Waals surface area contributed by atoms with E-state index in [0.717, 1.165) is 38.7 Å². The van der Waals surface area contributed by atoms with E-state index in [0.29, 0.717) is 12.3 Å². The summed E-state index contributed by atoms with van der Waals surface area (Å²) in [6.45, 7) is 8.68. The lowest BCUT2D eigenvalue weighted by Crippen LogP contribution is -2.41. The highest BCUT2D eigenvalue weighted by Crippen LogP contribution is 2.32. The molecule has 4 rings (SSSR count). The lowest BCUT2D eigenvalue weighted by Gasteiger charge is -2.20. The molecule has 0 aliphatic heterocycles. The van der Waals surface area contributed by atoms with Crippen LogP contribution in [0.1, 0.15) is 27.7 Å². The normalized spacial score (nSPS) is 11.6. The minimum Gasteiger partial charge on any atom is -0.351 e. The second kappa shape index (κ2) is 9.12. The number of carbonyl (C=O) groups is 1. The number of nitrogens with zero attached hydrogens (tertiary/aromatic N) is 4. The number of fused-ring (bicyclic) bond motifs is 1. The topological polar surface area (TPSA) is 72.7 Å². The molecule has 0 aliphatic rings. The van der Waals surface area contributed by atoms with Crippen LogP contribution in [0.3, 0.4) is 0 Å². The summed E-state index contributed by atoms with van der Waals surface area (Å²) in [7, 11) is 0. The zero-order chi connectivity index (χ0) is 22.7.